The van der Waals surface area contributed by atoms with Gasteiger partial charge in [-0.05, 0) is 6.42 Å². The maximum atomic E-state index is 10.5. The molecule has 1 aromatic rings. The second-order valence-electron chi connectivity index (χ2n) is 3.06. The molecule has 1 atom stereocenters. The fourth-order valence-electron chi connectivity index (χ4n) is 1.48. The molecular formula is C8H11N3O2. The molecule has 5 nitrogen and oxygen atoms in total. The van der Waals surface area contributed by atoms with E-state index in [1.807, 2.05) is 0 Å². The van der Waals surface area contributed by atoms with Crippen LogP contribution in [0.15, 0.2) is 6.20 Å². The van der Waals surface area contributed by atoms with Crippen LogP contribution in [-0.4, -0.2) is 29.3 Å². The number of nitrogens with two attached hydrogens (primary N) is 1. The Morgan fingerprint density at radius 1 is 1.77 bits per heavy atom. The first-order valence-electron chi connectivity index (χ1n) is 4.19. The summed E-state index contributed by atoms with van der Waals surface area (Å²) in [6.07, 6.45) is 3.11. The van der Waals surface area contributed by atoms with Gasteiger partial charge in [0.25, 0.3) is 0 Å². The predicted octanol–water partition coefficient (Wildman–Crippen LogP) is 0.239. The summed E-state index contributed by atoms with van der Waals surface area (Å²) in [5.74, 6) is 0.436. The molecule has 0 aliphatic carbocycles. The second kappa shape index (κ2) is 3.18. The van der Waals surface area contributed by atoms with E-state index in [0.29, 0.717) is 24.3 Å². The molecule has 13 heavy (non-hydrogen) atoms. The van der Waals surface area contributed by atoms with E-state index in [0.717, 1.165) is 13.0 Å². The van der Waals surface area contributed by atoms with E-state index in [-0.39, 0.29) is 6.04 Å². The van der Waals surface area contributed by atoms with Gasteiger partial charge in [-0.2, -0.15) is 5.10 Å². The zero-order valence-electron chi connectivity index (χ0n) is 7.14. The Bertz CT molecular complexity index is 315. The predicted molar refractivity (Wildman–Crippen MR) is 46.5 cm³/mol. The van der Waals surface area contributed by atoms with E-state index in [1.165, 1.54) is 6.20 Å². The smallest absolute Gasteiger partial charge is 0.155 e. The maximum absolute atomic E-state index is 10.5. The van der Waals surface area contributed by atoms with Crippen LogP contribution < -0.4 is 5.73 Å². The minimum atomic E-state index is 0.189. The third kappa shape index (κ3) is 1.31. The quantitative estimate of drug-likeness (QED) is 0.663. The Labute approximate surface area is 75.5 Å². The van der Waals surface area contributed by atoms with Crippen LogP contribution in [0.4, 0.5) is 5.82 Å². The molecule has 5 heteroatoms. The summed E-state index contributed by atoms with van der Waals surface area (Å²) < 4.78 is 6.87. The van der Waals surface area contributed by atoms with Crippen LogP contribution in [0, 0.1) is 0 Å². The van der Waals surface area contributed by atoms with Crippen molar-refractivity contribution in [1.29, 1.82) is 0 Å². The average molecular weight is 181 g/mol. The van der Waals surface area contributed by atoms with Gasteiger partial charge in [-0.1, -0.05) is 0 Å². The number of rotatable bonds is 2. The zero-order chi connectivity index (χ0) is 9.26. The van der Waals surface area contributed by atoms with Crippen LogP contribution in [0.2, 0.25) is 0 Å². The summed E-state index contributed by atoms with van der Waals surface area (Å²) in [7, 11) is 0. The van der Waals surface area contributed by atoms with Crippen molar-refractivity contribution < 1.29 is 9.53 Å². The Kier molecular flexibility index (Phi) is 2.02. The lowest BCUT2D eigenvalue weighted by Gasteiger charge is -2.09. The highest BCUT2D eigenvalue weighted by Crippen LogP contribution is 2.22. The van der Waals surface area contributed by atoms with Gasteiger partial charge in [0.2, 0.25) is 0 Å². The number of nitrogen functional groups attached to an aromatic ring is 1. The normalized spacial score (nSPS) is 22.0. The summed E-state index contributed by atoms with van der Waals surface area (Å²) in [5.41, 5.74) is 6.16. The van der Waals surface area contributed by atoms with Gasteiger partial charge in [-0.15, -0.1) is 0 Å². The Hall–Kier alpha value is -1.36. The molecule has 70 valence electrons. The SMILES string of the molecule is Nc1c(C=O)cnn1C1CCOC1. The van der Waals surface area contributed by atoms with E-state index in [9.17, 15) is 4.79 Å². The molecule has 2 rings (SSSR count). The summed E-state index contributed by atoms with van der Waals surface area (Å²) >= 11 is 0. The van der Waals surface area contributed by atoms with Gasteiger partial charge in [-0.3, -0.25) is 4.79 Å². The Balaban J connectivity index is 2.29. The molecule has 1 aliphatic heterocycles. The molecule has 0 radical (unpaired) electrons. The molecule has 1 saturated heterocycles. The number of anilines is 1. The minimum Gasteiger partial charge on any atom is -0.383 e. The van der Waals surface area contributed by atoms with Crippen LogP contribution in [0.5, 0.6) is 0 Å². The third-order valence-corrected chi connectivity index (χ3v) is 2.24. The van der Waals surface area contributed by atoms with Crippen molar-refractivity contribution >= 4 is 12.1 Å². The Morgan fingerprint density at radius 3 is 3.15 bits per heavy atom. The molecule has 0 bridgehead atoms. The fourth-order valence-corrected chi connectivity index (χ4v) is 1.48. The van der Waals surface area contributed by atoms with Crippen LogP contribution in [0.1, 0.15) is 22.8 Å². The second-order valence-corrected chi connectivity index (χ2v) is 3.06. The molecule has 1 aliphatic rings. The number of nitrogens with zero attached hydrogens (tertiary/aromatic N) is 2. The van der Waals surface area contributed by atoms with Crippen molar-refractivity contribution in [3.63, 3.8) is 0 Å². The number of aldehydes is 1. The van der Waals surface area contributed by atoms with Crippen LogP contribution in [0.3, 0.4) is 0 Å². The topological polar surface area (TPSA) is 70.1 Å². The number of carbonyl (C=O) groups excluding carboxylic acids is 1. The van der Waals surface area contributed by atoms with E-state index in [4.69, 9.17) is 10.5 Å². The first-order valence-corrected chi connectivity index (χ1v) is 4.19. The van der Waals surface area contributed by atoms with Gasteiger partial charge < -0.3 is 10.5 Å². The van der Waals surface area contributed by atoms with Crippen molar-refractivity contribution in [1.82, 2.24) is 9.78 Å². The highest BCUT2D eigenvalue weighted by Gasteiger charge is 2.21. The van der Waals surface area contributed by atoms with Crippen molar-refractivity contribution in [2.75, 3.05) is 18.9 Å². The number of hydrogen-bond donors (Lipinski definition) is 1. The molecule has 0 aromatic carbocycles. The molecule has 0 saturated carbocycles. The van der Waals surface area contributed by atoms with Crippen molar-refractivity contribution in [2.24, 2.45) is 0 Å². The summed E-state index contributed by atoms with van der Waals surface area (Å²) in [6, 6.07) is 0.189. The summed E-state index contributed by atoms with van der Waals surface area (Å²) in [6.45, 7) is 1.37. The van der Waals surface area contributed by atoms with E-state index >= 15 is 0 Å². The zero-order valence-corrected chi connectivity index (χ0v) is 7.14. The van der Waals surface area contributed by atoms with Crippen LogP contribution in [0.25, 0.3) is 0 Å². The van der Waals surface area contributed by atoms with Crippen molar-refractivity contribution in [2.45, 2.75) is 12.5 Å². The molecule has 0 spiro atoms. The summed E-state index contributed by atoms with van der Waals surface area (Å²) in [5, 5.41) is 4.05. The number of hydrogen-bond acceptors (Lipinski definition) is 4. The first kappa shape index (κ1) is 8.25. The van der Waals surface area contributed by atoms with Gasteiger partial charge in [0.05, 0.1) is 24.4 Å². The lowest BCUT2D eigenvalue weighted by molar-refractivity contribution is 0.112. The molecule has 2 N–H and O–H groups in total. The molecule has 1 fully saturated rings. The largest absolute Gasteiger partial charge is 0.383 e. The third-order valence-electron chi connectivity index (χ3n) is 2.24. The molecular weight excluding hydrogens is 170 g/mol. The summed E-state index contributed by atoms with van der Waals surface area (Å²) in [4.78, 5) is 10.5. The highest BCUT2D eigenvalue weighted by molar-refractivity contribution is 5.81. The lowest BCUT2D eigenvalue weighted by Crippen LogP contribution is -2.13. The van der Waals surface area contributed by atoms with E-state index < -0.39 is 0 Å². The fraction of sp³-hybridized carbons (Fsp3) is 0.500. The molecule has 0 amide bonds. The monoisotopic (exact) mass is 181 g/mol. The number of ether oxygens (including phenoxy) is 1. The van der Waals surface area contributed by atoms with Crippen LogP contribution >= 0.6 is 0 Å². The average Bonchev–Trinajstić information content (AvgIpc) is 2.72. The van der Waals surface area contributed by atoms with Gasteiger partial charge in [0.15, 0.2) is 6.29 Å². The van der Waals surface area contributed by atoms with Gasteiger partial charge in [-0.25, -0.2) is 4.68 Å². The van der Waals surface area contributed by atoms with Crippen molar-refractivity contribution in [3.05, 3.63) is 11.8 Å². The minimum absolute atomic E-state index is 0.189. The molecule has 1 aromatic heterocycles. The van der Waals surface area contributed by atoms with Gasteiger partial charge in [0, 0.05) is 6.61 Å². The first-order chi connectivity index (χ1) is 6.33. The van der Waals surface area contributed by atoms with E-state index in [1.54, 1.807) is 4.68 Å². The Morgan fingerprint density at radius 2 is 2.62 bits per heavy atom. The van der Waals surface area contributed by atoms with Crippen molar-refractivity contribution in [3.8, 4) is 0 Å². The van der Waals surface area contributed by atoms with E-state index in [2.05, 4.69) is 5.10 Å². The standard InChI is InChI=1S/C8H11N3O2/c9-8-6(4-12)3-10-11(8)7-1-2-13-5-7/h3-4,7H,1-2,5,9H2. The number of carbonyl (C=O) groups is 1. The van der Waals surface area contributed by atoms with Crippen LogP contribution in [-0.2, 0) is 4.74 Å². The molecule has 1 unspecified atom stereocenters. The maximum Gasteiger partial charge on any atom is 0.155 e. The lowest BCUT2D eigenvalue weighted by atomic mass is 10.2. The van der Waals surface area contributed by atoms with Gasteiger partial charge in [0.1, 0.15) is 5.82 Å². The number of aromatic nitrogens is 2. The molecule has 2 heterocycles. The van der Waals surface area contributed by atoms with Gasteiger partial charge >= 0.3 is 0 Å². The highest BCUT2D eigenvalue weighted by atomic mass is 16.5.